The summed E-state index contributed by atoms with van der Waals surface area (Å²) in [5.74, 6) is 0. The Hall–Kier alpha value is -0.780. The first-order chi connectivity index (χ1) is 4.41. The summed E-state index contributed by atoms with van der Waals surface area (Å²) in [5.41, 5.74) is 0. The topological polar surface area (TPSA) is 0 Å². The normalized spacial score (nSPS) is 9.78. The minimum atomic E-state index is 1.09. The highest BCUT2D eigenvalue weighted by atomic mass is 13.8. The highest BCUT2D eigenvalue weighted by Gasteiger charge is 1.76. The molecule has 0 aliphatic rings. The lowest BCUT2D eigenvalue weighted by Gasteiger charge is -1.85. The first-order valence-electron chi connectivity index (χ1n) is 3.22. The molecule has 0 nitrogen and oxygen atoms in total. The molecule has 0 N–H and O–H groups in total. The molecule has 0 unspecified atom stereocenters. The van der Waals surface area contributed by atoms with Crippen LogP contribution in [0.4, 0.5) is 0 Å². The summed E-state index contributed by atoms with van der Waals surface area (Å²) in [6.45, 7) is 8.73. The molecule has 0 aliphatic carbocycles. The summed E-state index contributed by atoms with van der Waals surface area (Å²) in [6.07, 6.45) is 10.8. The first kappa shape index (κ1) is 8.22. The lowest BCUT2D eigenvalue weighted by molar-refractivity contribution is 0.870. The van der Waals surface area contributed by atoms with Crippen LogP contribution in [0, 0.1) is 6.58 Å². The number of rotatable bonds is 5. The van der Waals surface area contributed by atoms with Crippen molar-refractivity contribution in [1.29, 1.82) is 0 Å². The molecular weight excluding hydrogens is 108 g/mol. The number of hydrogen-bond donors (Lipinski definition) is 0. The fraction of sp³-hybridized carbons (Fsp3) is 0.333. The molecule has 9 heavy (non-hydrogen) atoms. The van der Waals surface area contributed by atoms with Crippen molar-refractivity contribution in [3.05, 3.63) is 37.5 Å². The van der Waals surface area contributed by atoms with Crippen LogP contribution in [0.5, 0.6) is 0 Å². The second-order valence-electron chi connectivity index (χ2n) is 1.84. The molecule has 0 heteroatoms. The zero-order valence-corrected chi connectivity index (χ0v) is 5.72. The van der Waals surface area contributed by atoms with Crippen LogP contribution in [0.1, 0.15) is 19.3 Å². The molecule has 0 amide bonds. The van der Waals surface area contributed by atoms with Crippen molar-refractivity contribution in [3.8, 4) is 0 Å². The Morgan fingerprint density at radius 3 is 2.67 bits per heavy atom. The van der Waals surface area contributed by atoms with Crippen molar-refractivity contribution in [2.24, 2.45) is 0 Å². The Balaban J connectivity index is 2.98. The summed E-state index contributed by atoms with van der Waals surface area (Å²) in [6, 6.07) is 0. The van der Waals surface area contributed by atoms with Crippen molar-refractivity contribution >= 4 is 0 Å². The molecular formula is C9H13. The molecule has 49 valence electrons. The predicted molar refractivity (Wildman–Crippen MR) is 42.1 cm³/mol. The van der Waals surface area contributed by atoms with Crippen molar-refractivity contribution in [2.45, 2.75) is 19.3 Å². The molecule has 0 fully saturated rings. The van der Waals surface area contributed by atoms with Gasteiger partial charge in [0.1, 0.15) is 0 Å². The number of hydrogen-bond acceptors (Lipinski definition) is 0. The Kier molecular flexibility index (Phi) is 6.59. The molecule has 0 aliphatic heterocycles. The molecule has 0 aromatic carbocycles. The third-order valence-corrected chi connectivity index (χ3v) is 1.03. The van der Waals surface area contributed by atoms with Crippen LogP contribution in [0.2, 0.25) is 0 Å². The van der Waals surface area contributed by atoms with E-state index >= 15 is 0 Å². The number of unbranched alkanes of at least 4 members (excludes halogenated alkanes) is 2. The second-order valence-corrected chi connectivity index (χ2v) is 1.84. The van der Waals surface area contributed by atoms with E-state index in [0.29, 0.717) is 0 Å². The Labute approximate surface area is 57.6 Å². The first-order valence-corrected chi connectivity index (χ1v) is 3.22. The number of allylic oxidation sites excluding steroid dienone is 4. The van der Waals surface area contributed by atoms with E-state index < -0.39 is 0 Å². The quantitative estimate of drug-likeness (QED) is 0.298. The van der Waals surface area contributed by atoms with E-state index in [2.05, 4.69) is 12.7 Å². The van der Waals surface area contributed by atoms with Crippen molar-refractivity contribution < 1.29 is 0 Å². The van der Waals surface area contributed by atoms with Crippen molar-refractivity contribution in [2.75, 3.05) is 0 Å². The summed E-state index contributed by atoms with van der Waals surface area (Å²) in [5, 5.41) is 0. The van der Waals surface area contributed by atoms with Gasteiger partial charge in [0.25, 0.3) is 0 Å². The molecule has 0 rings (SSSR count). The van der Waals surface area contributed by atoms with Gasteiger partial charge in [0.05, 0.1) is 0 Å². The SMILES string of the molecule is [CH]=CC=CCCCC=C. The molecule has 0 aromatic rings. The van der Waals surface area contributed by atoms with E-state index in [1.807, 2.05) is 12.2 Å². The van der Waals surface area contributed by atoms with E-state index in [9.17, 15) is 0 Å². The minimum Gasteiger partial charge on any atom is -0.103 e. The van der Waals surface area contributed by atoms with E-state index in [1.165, 1.54) is 6.42 Å². The van der Waals surface area contributed by atoms with Gasteiger partial charge in [-0.1, -0.05) is 30.9 Å². The van der Waals surface area contributed by atoms with Crippen LogP contribution in [0.3, 0.4) is 0 Å². The van der Waals surface area contributed by atoms with Gasteiger partial charge < -0.3 is 0 Å². The van der Waals surface area contributed by atoms with Crippen LogP contribution in [0.25, 0.3) is 0 Å². The molecule has 1 radical (unpaired) electrons. The predicted octanol–water partition coefficient (Wildman–Crippen LogP) is 2.89. The molecule has 0 bridgehead atoms. The van der Waals surface area contributed by atoms with Gasteiger partial charge in [0.2, 0.25) is 0 Å². The molecule has 0 saturated carbocycles. The maximum absolute atomic E-state index is 5.11. The van der Waals surface area contributed by atoms with Gasteiger partial charge in [-0.3, -0.25) is 0 Å². The van der Waals surface area contributed by atoms with Crippen molar-refractivity contribution in [3.63, 3.8) is 0 Å². The van der Waals surface area contributed by atoms with Crippen LogP contribution < -0.4 is 0 Å². The molecule has 0 heterocycles. The highest BCUT2D eigenvalue weighted by Crippen LogP contribution is 1.95. The van der Waals surface area contributed by atoms with E-state index in [0.717, 1.165) is 12.8 Å². The van der Waals surface area contributed by atoms with Gasteiger partial charge in [-0.25, -0.2) is 0 Å². The summed E-state index contributed by atoms with van der Waals surface area (Å²) in [7, 11) is 0. The van der Waals surface area contributed by atoms with Crippen LogP contribution in [-0.2, 0) is 0 Å². The van der Waals surface area contributed by atoms with Gasteiger partial charge >= 0.3 is 0 Å². The van der Waals surface area contributed by atoms with E-state index in [4.69, 9.17) is 6.58 Å². The van der Waals surface area contributed by atoms with Crippen LogP contribution >= 0.6 is 0 Å². The fourth-order valence-corrected chi connectivity index (χ4v) is 0.555. The Morgan fingerprint density at radius 2 is 2.11 bits per heavy atom. The summed E-state index contributed by atoms with van der Waals surface area (Å²) >= 11 is 0. The van der Waals surface area contributed by atoms with Gasteiger partial charge in [-0.15, -0.1) is 6.58 Å². The van der Waals surface area contributed by atoms with Crippen molar-refractivity contribution in [1.82, 2.24) is 0 Å². The average molecular weight is 121 g/mol. The monoisotopic (exact) mass is 121 g/mol. The fourth-order valence-electron chi connectivity index (χ4n) is 0.555. The van der Waals surface area contributed by atoms with Crippen LogP contribution in [-0.4, -0.2) is 0 Å². The largest absolute Gasteiger partial charge is 0.103 e. The highest BCUT2D eigenvalue weighted by molar-refractivity contribution is 4.95. The van der Waals surface area contributed by atoms with Gasteiger partial charge in [-0.2, -0.15) is 0 Å². The molecule has 0 aromatic heterocycles. The maximum atomic E-state index is 5.11. The van der Waals surface area contributed by atoms with Gasteiger partial charge in [0.15, 0.2) is 0 Å². The summed E-state index contributed by atoms with van der Waals surface area (Å²) < 4.78 is 0. The summed E-state index contributed by atoms with van der Waals surface area (Å²) in [4.78, 5) is 0. The standard InChI is InChI=1S/C9H13/c1-3-5-7-9-8-6-4-2/h1,3-5,7H,2,6,8-9H2. The van der Waals surface area contributed by atoms with E-state index in [1.54, 1.807) is 6.08 Å². The Morgan fingerprint density at radius 1 is 1.33 bits per heavy atom. The lowest BCUT2D eigenvalue weighted by Crippen LogP contribution is -1.66. The van der Waals surface area contributed by atoms with Crippen LogP contribution in [0.15, 0.2) is 30.9 Å². The lowest BCUT2D eigenvalue weighted by atomic mass is 10.2. The zero-order chi connectivity index (χ0) is 6.95. The zero-order valence-electron chi connectivity index (χ0n) is 5.72. The maximum Gasteiger partial charge on any atom is -0.0345 e. The van der Waals surface area contributed by atoms with Gasteiger partial charge in [-0.05, 0) is 19.3 Å². The smallest absolute Gasteiger partial charge is 0.0345 e. The third kappa shape index (κ3) is 7.22. The Bertz CT molecular complexity index is 98.6. The molecule has 0 saturated heterocycles. The second kappa shape index (κ2) is 7.22. The third-order valence-electron chi connectivity index (χ3n) is 1.03. The average Bonchev–Trinajstić information content (AvgIpc) is 1.89. The molecule has 0 atom stereocenters. The minimum absolute atomic E-state index is 1.09. The molecule has 0 spiro atoms. The van der Waals surface area contributed by atoms with Gasteiger partial charge in [0, 0.05) is 0 Å². The van der Waals surface area contributed by atoms with E-state index in [-0.39, 0.29) is 0 Å².